The summed E-state index contributed by atoms with van der Waals surface area (Å²) in [7, 11) is 0. The van der Waals surface area contributed by atoms with Gasteiger partial charge in [0.15, 0.2) is 0 Å². The summed E-state index contributed by atoms with van der Waals surface area (Å²) in [6.07, 6.45) is 1.43. The van der Waals surface area contributed by atoms with Crippen LogP contribution in [0.5, 0.6) is 0 Å². The van der Waals surface area contributed by atoms with E-state index in [0.29, 0.717) is 0 Å². The van der Waals surface area contributed by atoms with Crippen molar-refractivity contribution in [3.8, 4) is 0 Å². The van der Waals surface area contributed by atoms with Gasteiger partial charge in [0.05, 0.1) is 0 Å². The van der Waals surface area contributed by atoms with E-state index in [4.69, 9.17) is 15.9 Å². The summed E-state index contributed by atoms with van der Waals surface area (Å²) in [6, 6.07) is 0. The summed E-state index contributed by atoms with van der Waals surface area (Å²) < 4.78 is 4.61. The molecule has 0 aromatic rings. The molecule has 4 N–H and O–H groups in total. The first kappa shape index (κ1) is 15.7. The molecule has 0 aliphatic rings. The number of aliphatic carboxylic acids is 2. The van der Waals surface area contributed by atoms with Crippen LogP contribution in [0.1, 0.15) is 13.8 Å². The molecule has 0 saturated heterocycles. The highest BCUT2D eigenvalue weighted by atomic mass is 16.6. The third kappa shape index (κ3) is 6.31. The van der Waals surface area contributed by atoms with Gasteiger partial charge < -0.3 is 20.7 Å². The fourth-order valence-electron chi connectivity index (χ4n) is 0.891. The summed E-state index contributed by atoms with van der Waals surface area (Å²) in [5, 5.41) is 17.3. The summed E-state index contributed by atoms with van der Waals surface area (Å²) >= 11 is 0. The minimum atomic E-state index is -1.18. The highest BCUT2D eigenvalue weighted by Crippen LogP contribution is 2.07. The Morgan fingerprint density at radius 2 is 1.61 bits per heavy atom. The van der Waals surface area contributed by atoms with E-state index in [1.54, 1.807) is 0 Å². The molecule has 0 spiro atoms. The van der Waals surface area contributed by atoms with Crippen LogP contribution in [-0.4, -0.2) is 34.3 Å². The molecule has 0 aliphatic heterocycles. The van der Waals surface area contributed by atoms with Gasteiger partial charge in [-0.1, -0.05) is 6.08 Å². The Morgan fingerprint density at radius 1 is 1.11 bits per heavy atom. The number of amides is 1. The molecule has 0 rings (SSSR count). The van der Waals surface area contributed by atoms with E-state index in [9.17, 15) is 14.4 Å². The predicted octanol–water partition coefficient (Wildman–Crippen LogP) is 0.716. The van der Waals surface area contributed by atoms with Crippen LogP contribution in [0, 0.1) is 6.42 Å². The third-order valence-corrected chi connectivity index (χ3v) is 1.88. The molecule has 1 radical (unpaired) electrons. The van der Waals surface area contributed by atoms with Crippen LogP contribution in [0.4, 0.5) is 4.79 Å². The lowest BCUT2D eigenvalue weighted by molar-refractivity contribution is -0.133. The second kappa shape index (κ2) is 7.10. The van der Waals surface area contributed by atoms with Gasteiger partial charge in [-0.2, -0.15) is 0 Å². The first-order chi connectivity index (χ1) is 8.23. The van der Waals surface area contributed by atoms with Crippen molar-refractivity contribution in [2.75, 3.05) is 0 Å². The Bertz CT molecular complexity index is 410. The smallest absolute Gasteiger partial charge is 0.405 e. The SMILES string of the molecule is CC(=C[CH]C(C=C(C)C(=O)O)OC(N)=O)C(=O)O. The van der Waals surface area contributed by atoms with Crippen LogP contribution < -0.4 is 5.73 Å². The number of nitrogens with two attached hydrogens (primary N) is 1. The maximum absolute atomic E-state index is 10.6. The molecule has 0 saturated carbocycles. The van der Waals surface area contributed by atoms with Gasteiger partial charge in [-0.3, -0.25) is 0 Å². The van der Waals surface area contributed by atoms with Crippen molar-refractivity contribution in [2.45, 2.75) is 20.0 Å². The Balaban J connectivity index is 4.86. The Hall–Kier alpha value is -2.31. The van der Waals surface area contributed by atoms with E-state index in [0.717, 1.165) is 6.08 Å². The largest absolute Gasteiger partial charge is 0.478 e. The van der Waals surface area contributed by atoms with Crippen LogP contribution in [0.3, 0.4) is 0 Å². The number of hydrogen-bond donors (Lipinski definition) is 3. The molecule has 7 heteroatoms. The van der Waals surface area contributed by atoms with E-state index in [1.165, 1.54) is 26.3 Å². The van der Waals surface area contributed by atoms with Crippen LogP contribution in [0.25, 0.3) is 0 Å². The van der Waals surface area contributed by atoms with E-state index < -0.39 is 24.1 Å². The van der Waals surface area contributed by atoms with Crippen molar-refractivity contribution < 1.29 is 29.3 Å². The number of carbonyl (C=O) groups excluding carboxylic acids is 1. The van der Waals surface area contributed by atoms with Gasteiger partial charge in [-0.25, -0.2) is 14.4 Å². The average Bonchev–Trinajstić information content (AvgIpc) is 2.24. The van der Waals surface area contributed by atoms with Crippen LogP contribution in [-0.2, 0) is 14.3 Å². The number of carbonyl (C=O) groups is 3. The van der Waals surface area contributed by atoms with Crippen LogP contribution in [0.2, 0.25) is 0 Å². The maximum atomic E-state index is 10.6. The summed E-state index contributed by atoms with van der Waals surface area (Å²) in [4.78, 5) is 31.7. The molecule has 0 aliphatic carbocycles. The van der Waals surface area contributed by atoms with Gasteiger partial charge in [0.25, 0.3) is 0 Å². The third-order valence-electron chi connectivity index (χ3n) is 1.88. The normalized spacial score (nSPS) is 13.9. The second-order valence-electron chi connectivity index (χ2n) is 3.40. The van der Waals surface area contributed by atoms with Gasteiger partial charge in [-0.05, 0) is 19.9 Å². The summed E-state index contributed by atoms with van der Waals surface area (Å²) in [5.74, 6) is -2.32. The molecule has 0 heterocycles. The Labute approximate surface area is 104 Å². The van der Waals surface area contributed by atoms with Crippen molar-refractivity contribution in [3.63, 3.8) is 0 Å². The zero-order chi connectivity index (χ0) is 14.3. The molecule has 1 atom stereocenters. The Kier molecular flexibility index (Phi) is 6.19. The van der Waals surface area contributed by atoms with Gasteiger partial charge in [0.1, 0.15) is 6.10 Å². The number of carboxylic acid groups (broad SMARTS) is 2. The minimum absolute atomic E-state index is 0.00875. The molecule has 7 nitrogen and oxygen atoms in total. The molecule has 18 heavy (non-hydrogen) atoms. The maximum Gasteiger partial charge on any atom is 0.405 e. The topological polar surface area (TPSA) is 127 Å². The Morgan fingerprint density at radius 3 is 2.00 bits per heavy atom. The number of rotatable bonds is 6. The lowest BCUT2D eigenvalue weighted by Crippen LogP contribution is -2.22. The van der Waals surface area contributed by atoms with Crippen molar-refractivity contribution in [2.24, 2.45) is 5.73 Å². The van der Waals surface area contributed by atoms with E-state index in [2.05, 4.69) is 4.74 Å². The molecule has 0 aromatic carbocycles. The monoisotopic (exact) mass is 256 g/mol. The predicted molar refractivity (Wildman–Crippen MR) is 61.5 cm³/mol. The first-order valence-electron chi connectivity index (χ1n) is 4.87. The van der Waals surface area contributed by atoms with Gasteiger partial charge >= 0.3 is 18.0 Å². The minimum Gasteiger partial charge on any atom is -0.478 e. The quantitative estimate of drug-likeness (QED) is 0.601. The molecule has 1 amide bonds. The summed E-state index contributed by atoms with van der Waals surface area (Å²) in [5.41, 5.74) is 4.77. The number of carboxylic acids is 2. The number of ether oxygens (including phenoxy) is 1. The molecular weight excluding hydrogens is 242 g/mol. The number of hydrogen-bond acceptors (Lipinski definition) is 4. The fraction of sp³-hybridized carbons (Fsp3) is 0.273. The average molecular weight is 256 g/mol. The van der Waals surface area contributed by atoms with Gasteiger partial charge in [-0.15, -0.1) is 0 Å². The standard InChI is InChI=1S/C11H14NO6/c1-6(9(13)14)3-4-8(18-11(12)17)5-7(2)10(15)16/h3-5,8H,1-2H3,(H2,12,17)(H,13,14)(H,15,16). The van der Waals surface area contributed by atoms with Gasteiger partial charge in [0, 0.05) is 17.6 Å². The van der Waals surface area contributed by atoms with E-state index in [1.807, 2.05) is 0 Å². The summed E-state index contributed by atoms with van der Waals surface area (Å²) in [6.45, 7) is 2.65. The second-order valence-corrected chi connectivity index (χ2v) is 3.40. The highest BCUT2D eigenvalue weighted by molar-refractivity contribution is 5.86. The van der Waals surface area contributed by atoms with Crippen molar-refractivity contribution in [1.82, 2.24) is 0 Å². The van der Waals surface area contributed by atoms with Crippen LogP contribution >= 0.6 is 0 Å². The lowest BCUT2D eigenvalue weighted by atomic mass is 10.1. The number of primary amides is 1. The molecule has 99 valence electrons. The zero-order valence-corrected chi connectivity index (χ0v) is 9.91. The van der Waals surface area contributed by atoms with Crippen molar-refractivity contribution >= 4 is 18.0 Å². The first-order valence-corrected chi connectivity index (χ1v) is 4.87. The van der Waals surface area contributed by atoms with Crippen molar-refractivity contribution in [3.05, 3.63) is 29.7 Å². The van der Waals surface area contributed by atoms with Crippen LogP contribution in [0.15, 0.2) is 23.3 Å². The molecular formula is C11H14NO6. The molecule has 0 fully saturated rings. The van der Waals surface area contributed by atoms with E-state index in [-0.39, 0.29) is 11.1 Å². The molecule has 1 unspecified atom stereocenters. The molecule has 0 aromatic heterocycles. The zero-order valence-electron chi connectivity index (χ0n) is 9.91. The molecule has 0 bridgehead atoms. The van der Waals surface area contributed by atoms with Crippen molar-refractivity contribution in [1.29, 1.82) is 0 Å². The van der Waals surface area contributed by atoms with E-state index >= 15 is 0 Å². The lowest BCUT2D eigenvalue weighted by Gasteiger charge is -2.11. The highest BCUT2D eigenvalue weighted by Gasteiger charge is 2.12. The fourth-order valence-corrected chi connectivity index (χ4v) is 0.891. The van der Waals surface area contributed by atoms with Gasteiger partial charge in [0.2, 0.25) is 0 Å².